The Bertz CT molecular complexity index is 974. The number of thioether (sulfide) groups is 1. The number of hydrogen-bond acceptors (Lipinski definition) is 6. The van der Waals surface area contributed by atoms with Gasteiger partial charge < -0.3 is 14.7 Å². The van der Waals surface area contributed by atoms with Gasteiger partial charge in [0.15, 0.2) is 0 Å². The Morgan fingerprint density at radius 1 is 0.861 bits per heavy atom. The molecule has 5 nitrogen and oxygen atoms in total. The molecule has 3 rings (SSSR count). The predicted molar refractivity (Wildman–Crippen MR) is 146 cm³/mol. The number of benzene rings is 3. The van der Waals surface area contributed by atoms with Crippen molar-refractivity contribution in [1.82, 2.24) is 5.06 Å². The van der Waals surface area contributed by atoms with Crippen molar-refractivity contribution < 1.29 is 19.5 Å². The zero-order valence-corrected chi connectivity index (χ0v) is 22.6. The Balaban J connectivity index is 2.06. The van der Waals surface area contributed by atoms with Crippen LogP contribution in [0.3, 0.4) is 0 Å². The van der Waals surface area contributed by atoms with E-state index in [-0.39, 0.29) is 12.4 Å². The molecule has 3 aromatic carbocycles. The van der Waals surface area contributed by atoms with Crippen LogP contribution in [0.25, 0.3) is 0 Å². The van der Waals surface area contributed by atoms with Crippen molar-refractivity contribution in [3.05, 3.63) is 108 Å². The van der Waals surface area contributed by atoms with Gasteiger partial charge >= 0.3 is 5.97 Å². The van der Waals surface area contributed by atoms with Gasteiger partial charge in [0.05, 0.1) is 18.3 Å². The smallest absolute Gasteiger partial charge is 0.306 e. The van der Waals surface area contributed by atoms with E-state index in [1.165, 1.54) is 12.2 Å². The van der Waals surface area contributed by atoms with Crippen molar-refractivity contribution >= 4 is 17.7 Å². The molecule has 1 N–H and O–H groups in total. The molecule has 0 aliphatic heterocycles. The summed E-state index contributed by atoms with van der Waals surface area (Å²) in [5.74, 6) is -0.307. The van der Waals surface area contributed by atoms with E-state index in [4.69, 9.17) is 9.57 Å². The monoisotopic (exact) mass is 507 g/mol. The summed E-state index contributed by atoms with van der Waals surface area (Å²) >= 11 is 1.70. The van der Waals surface area contributed by atoms with Crippen LogP contribution in [0.1, 0.15) is 43.9 Å². The second kappa shape index (κ2) is 12.5. The lowest BCUT2D eigenvalue weighted by molar-refractivity contribution is -0.219. The first-order chi connectivity index (χ1) is 17.2. The molecule has 2 unspecified atom stereocenters. The minimum atomic E-state index is -0.991. The number of carbonyl (C=O) groups excluding carboxylic acids is 1. The lowest BCUT2D eigenvalue weighted by atomic mass is 9.84. The molecular weight excluding hydrogens is 470 g/mol. The second-order valence-corrected chi connectivity index (χ2v) is 11.0. The van der Waals surface area contributed by atoms with Crippen molar-refractivity contribution in [2.45, 2.75) is 43.8 Å². The number of ether oxygens (including phenoxy) is 1. The van der Waals surface area contributed by atoms with E-state index in [0.717, 1.165) is 16.7 Å². The number of aliphatic hydroxyl groups is 1. The average molecular weight is 508 g/mol. The standard InChI is InChI=1S/C30H37NO4S/c1-29(2,3)35-27(32)21-23(28(33)31(4)34-5)22-36-30(24-15-9-6-10-16-24,25-17-11-7-12-18-25)26-19-13-8-14-20-26/h6-20,23,28,33H,21-22H2,1-5H3. The lowest BCUT2D eigenvalue weighted by Gasteiger charge is -2.38. The van der Waals surface area contributed by atoms with Gasteiger partial charge in [-0.15, -0.1) is 11.8 Å². The maximum absolute atomic E-state index is 12.8. The zero-order chi connectivity index (χ0) is 26.2. The number of aliphatic hydroxyl groups excluding tert-OH is 1. The molecule has 0 spiro atoms. The van der Waals surface area contributed by atoms with Crippen LogP contribution in [0.5, 0.6) is 0 Å². The molecule has 0 aliphatic rings. The Hall–Kier alpha value is -2.64. The van der Waals surface area contributed by atoms with Crippen molar-refractivity contribution in [2.75, 3.05) is 19.9 Å². The van der Waals surface area contributed by atoms with E-state index in [2.05, 4.69) is 36.4 Å². The van der Waals surface area contributed by atoms with Crippen LogP contribution >= 0.6 is 11.8 Å². The minimum Gasteiger partial charge on any atom is -0.460 e. The number of nitrogens with zero attached hydrogens (tertiary/aromatic N) is 1. The first kappa shape index (κ1) is 27.9. The van der Waals surface area contributed by atoms with Crippen LogP contribution in [0.2, 0.25) is 0 Å². The number of rotatable bonds is 11. The molecule has 2 atom stereocenters. The van der Waals surface area contributed by atoms with E-state index < -0.39 is 22.5 Å². The van der Waals surface area contributed by atoms with Gasteiger partial charge in [0.2, 0.25) is 0 Å². The molecule has 0 amide bonds. The van der Waals surface area contributed by atoms with E-state index >= 15 is 0 Å². The van der Waals surface area contributed by atoms with E-state index in [1.807, 2.05) is 75.4 Å². The summed E-state index contributed by atoms with van der Waals surface area (Å²) in [5, 5.41) is 12.5. The van der Waals surface area contributed by atoms with E-state index in [1.54, 1.807) is 18.8 Å². The summed E-state index contributed by atoms with van der Waals surface area (Å²) in [7, 11) is 3.17. The first-order valence-corrected chi connectivity index (χ1v) is 13.1. The average Bonchev–Trinajstić information content (AvgIpc) is 2.88. The summed E-state index contributed by atoms with van der Waals surface area (Å²) in [6.45, 7) is 5.53. The molecule has 3 aromatic rings. The van der Waals surface area contributed by atoms with Crippen molar-refractivity contribution in [2.24, 2.45) is 5.92 Å². The number of carbonyl (C=O) groups is 1. The first-order valence-electron chi connectivity index (χ1n) is 12.1. The number of hydrogen-bond donors (Lipinski definition) is 1. The molecule has 192 valence electrons. The van der Waals surface area contributed by atoms with Gasteiger partial charge in [0, 0.05) is 18.7 Å². The van der Waals surface area contributed by atoms with E-state index in [9.17, 15) is 9.90 Å². The third kappa shape index (κ3) is 6.98. The van der Waals surface area contributed by atoms with Gasteiger partial charge in [-0.3, -0.25) is 4.79 Å². The largest absolute Gasteiger partial charge is 0.460 e. The van der Waals surface area contributed by atoms with Crippen LogP contribution in [-0.2, 0) is 19.1 Å². The van der Waals surface area contributed by atoms with Crippen LogP contribution in [0.15, 0.2) is 91.0 Å². The molecule has 0 saturated carbocycles. The molecule has 0 fully saturated rings. The van der Waals surface area contributed by atoms with Gasteiger partial charge in [-0.25, -0.2) is 0 Å². The highest BCUT2D eigenvalue weighted by Gasteiger charge is 2.39. The molecule has 0 bridgehead atoms. The molecular formula is C30H37NO4S. The summed E-state index contributed by atoms with van der Waals surface area (Å²) in [6, 6.07) is 31.1. The Labute approximate surface area is 219 Å². The summed E-state index contributed by atoms with van der Waals surface area (Å²) in [6.07, 6.45) is -0.928. The Morgan fingerprint density at radius 2 is 1.28 bits per heavy atom. The van der Waals surface area contributed by atoms with Crippen molar-refractivity contribution in [1.29, 1.82) is 0 Å². The molecule has 0 heterocycles. The van der Waals surface area contributed by atoms with Crippen LogP contribution in [0.4, 0.5) is 0 Å². The molecule has 0 saturated heterocycles. The van der Waals surface area contributed by atoms with Crippen LogP contribution < -0.4 is 0 Å². The second-order valence-electron chi connectivity index (χ2n) is 9.78. The van der Waals surface area contributed by atoms with Gasteiger partial charge in [-0.2, -0.15) is 5.06 Å². The van der Waals surface area contributed by atoms with Crippen molar-refractivity contribution in [3.8, 4) is 0 Å². The zero-order valence-electron chi connectivity index (χ0n) is 21.8. The molecule has 36 heavy (non-hydrogen) atoms. The predicted octanol–water partition coefficient (Wildman–Crippen LogP) is 5.87. The Morgan fingerprint density at radius 3 is 1.64 bits per heavy atom. The third-order valence-electron chi connectivity index (χ3n) is 5.99. The summed E-state index contributed by atoms with van der Waals surface area (Å²) in [4.78, 5) is 18.1. The highest BCUT2D eigenvalue weighted by molar-refractivity contribution is 8.00. The number of esters is 1. The fourth-order valence-electron chi connectivity index (χ4n) is 4.25. The molecule has 0 aromatic heterocycles. The quantitative estimate of drug-likeness (QED) is 0.152. The van der Waals surface area contributed by atoms with Gasteiger partial charge in [-0.1, -0.05) is 91.0 Å². The molecule has 0 aliphatic carbocycles. The maximum atomic E-state index is 12.8. The minimum absolute atomic E-state index is 0.0631. The SMILES string of the molecule is CON(C)C(O)C(CSC(c1ccccc1)(c1ccccc1)c1ccccc1)CC(=O)OC(C)(C)C. The molecule has 6 heteroatoms. The Kier molecular flexibility index (Phi) is 9.74. The fourth-order valence-corrected chi connectivity index (χ4v) is 5.92. The third-order valence-corrected chi connectivity index (χ3v) is 7.72. The normalized spacial score (nSPS) is 13.9. The highest BCUT2D eigenvalue weighted by Crippen LogP contribution is 2.49. The highest BCUT2D eigenvalue weighted by atomic mass is 32.2. The van der Waals surface area contributed by atoms with Crippen LogP contribution in [0, 0.1) is 5.92 Å². The van der Waals surface area contributed by atoms with E-state index in [0.29, 0.717) is 5.75 Å². The fraction of sp³-hybridized carbons (Fsp3) is 0.367. The van der Waals surface area contributed by atoms with Crippen LogP contribution in [-0.4, -0.2) is 47.9 Å². The van der Waals surface area contributed by atoms with Gasteiger partial charge in [-0.05, 0) is 37.5 Å². The summed E-state index contributed by atoms with van der Waals surface area (Å²) < 4.78 is 5.04. The van der Waals surface area contributed by atoms with Gasteiger partial charge in [0.1, 0.15) is 11.8 Å². The summed E-state index contributed by atoms with van der Waals surface area (Å²) in [5.41, 5.74) is 2.77. The molecule has 0 radical (unpaired) electrons. The topological polar surface area (TPSA) is 59.0 Å². The maximum Gasteiger partial charge on any atom is 0.306 e. The lowest BCUT2D eigenvalue weighted by Crippen LogP contribution is -2.41. The van der Waals surface area contributed by atoms with Gasteiger partial charge in [0.25, 0.3) is 0 Å². The number of hydroxylamine groups is 2. The van der Waals surface area contributed by atoms with Crippen molar-refractivity contribution in [3.63, 3.8) is 0 Å².